The molecule has 1 heterocycles. The van der Waals surface area contributed by atoms with Crippen LogP contribution in [-0.2, 0) is 0 Å². The Balaban J connectivity index is 3.01. The largest absolute Gasteiger partial charge is 0.467 e. The number of halogens is 1. The van der Waals surface area contributed by atoms with Gasteiger partial charge in [-0.25, -0.2) is 4.98 Å². The second kappa shape index (κ2) is 6.20. The van der Waals surface area contributed by atoms with Crippen LogP contribution in [0.4, 0.5) is 5.82 Å². The van der Waals surface area contributed by atoms with Crippen LogP contribution in [0.3, 0.4) is 0 Å². The Morgan fingerprint density at radius 1 is 1.50 bits per heavy atom. The molecule has 6 heteroatoms. The smallest absolute Gasteiger partial charge is 0.318 e. The predicted octanol–water partition coefficient (Wildman–Crippen LogP) is 1.95. The number of nitrogens with two attached hydrogens (primary N) is 1. The van der Waals surface area contributed by atoms with Gasteiger partial charge in [0.05, 0.1) is 13.3 Å². The standard InChI is InChI=1S/C12H21ClN4O/c1-5-17(8-12(2,3)7-14)10-9(13)6-15-11(16-10)18-4/h6H,5,7-8,14H2,1-4H3. The zero-order valence-electron chi connectivity index (χ0n) is 11.4. The molecule has 0 unspecified atom stereocenters. The van der Waals surface area contributed by atoms with Crippen LogP contribution in [0.5, 0.6) is 6.01 Å². The van der Waals surface area contributed by atoms with E-state index in [2.05, 4.69) is 35.6 Å². The lowest BCUT2D eigenvalue weighted by Gasteiger charge is -2.32. The summed E-state index contributed by atoms with van der Waals surface area (Å²) in [6.45, 7) is 8.45. The maximum Gasteiger partial charge on any atom is 0.318 e. The first kappa shape index (κ1) is 15.0. The second-order valence-corrected chi connectivity index (χ2v) is 5.32. The fourth-order valence-electron chi connectivity index (χ4n) is 1.58. The maximum atomic E-state index is 6.15. The Labute approximate surface area is 113 Å². The third kappa shape index (κ3) is 3.71. The third-order valence-electron chi connectivity index (χ3n) is 2.74. The van der Waals surface area contributed by atoms with Crippen LogP contribution in [0, 0.1) is 5.41 Å². The molecule has 0 amide bonds. The highest BCUT2D eigenvalue weighted by Gasteiger charge is 2.22. The van der Waals surface area contributed by atoms with Gasteiger partial charge in [-0.05, 0) is 18.9 Å². The van der Waals surface area contributed by atoms with Gasteiger partial charge in [0.25, 0.3) is 0 Å². The van der Waals surface area contributed by atoms with Gasteiger partial charge in [0.15, 0.2) is 5.82 Å². The average molecular weight is 273 g/mol. The molecule has 0 saturated carbocycles. The summed E-state index contributed by atoms with van der Waals surface area (Å²) >= 11 is 6.15. The molecule has 0 spiro atoms. The average Bonchev–Trinajstić information content (AvgIpc) is 2.37. The molecule has 5 nitrogen and oxygen atoms in total. The first-order chi connectivity index (χ1) is 8.43. The van der Waals surface area contributed by atoms with Crippen molar-refractivity contribution < 1.29 is 4.74 Å². The number of hydrogen-bond donors (Lipinski definition) is 1. The molecule has 1 aromatic heterocycles. The number of nitrogens with zero attached hydrogens (tertiary/aromatic N) is 3. The van der Waals surface area contributed by atoms with Gasteiger partial charge in [0.2, 0.25) is 0 Å². The number of anilines is 1. The van der Waals surface area contributed by atoms with Crippen molar-refractivity contribution >= 4 is 17.4 Å². The Kier molecular flexibility index (Phi) is 5.16. The van der Waals surface area contributed by atoms with Gasteiger partial charge < -0.3 is 15.4 Å². The van der Waals surface area contributed by atoms with Crippen LogP contribution in [0.2, 0.25) is 5.02 Å². The fourth-order valence-corrected chi connectivity index (χ4v) is 1.79. The second-order valence-electron chi connectivity index (χ2n) is 4.91. The van der Waals surface area contributed by atoms with Gasteiger partial charge in [0.1, 0.15) is 5.02 Å². The first-order valence-electron chi connectivity index (χ1n) is 5.95. The highest BCUT2D eigenvalue weighted by atomic mass is 35.5. The monoisotopic (exact) mass is 272 g/mol. The van der Waals surface area contributed by atoms with Crippen molar-refractivity contribution in [3.05, 3.63) is 11.2 Å². The van der Waals surface area contributed by atoms with Gasteiger partial charge in [0, 0.05) is 13.1 Å². The Bertz CT molecular complexity index is 398. The van der Waals surface area contributed by atoms with E-state index in [4.69, 9.17) is 22.1 Å². The topological polar surface area (TPSA) is 64.3 Å². The van der Waals surface area contributed by atoms with E-state index in [1.165, 1.54) is 7.11 Å². The molecule has 0 atom stereocenters. The molecule has 0 saturated heterocycles. The normalized spacial score (nSPS) is 11.4. The molecule has 0 radical (unpaired) electrons. The summed E-state index contributed by atoms with van der Waals surface area (Å²) in [5.41, 5.74) is 5.76. The molecule has 0 aliphatic carbocycles. The van der Waals surface area contributed by atoms with Gasteiger partial charge in [-0.2, -0.15) is 4.98 Å². The molecule has 0 aliphatic heterocycles. The molecule has 0 bridgehead atoms. The zero-order chi connectivity index (χ0) is 13.8. The lowest BCUT2D eigenvalue weighted by molar-refractivity contribution is 0.369. The van der Waals surface area contributed by atoms with Crippen molar-refractivity contribution in [3.8, 4) is 6.01 Å². The number of hydrogen-bond acceptors (Lipinski definition) is 5. The van der Waals surface area contributed by atoms with Gasteiger partial charge in [-0.1, -0.05) is 25.4 Å². The first-order valence-corrected chi connectivity index (χ1v) is 6.33. The van der Waals surface area contributed by atoms with Crippen LogP contribution in [0.1, 0.15) is 20.8 Å². The van der Waals surface area contributed by atoms with E-state index in [0.29, 0.717) is 23.4 Å². The highest BCUT2D eigenvalue weighted by molar-refractivity contribution is 6.32. The molecular weight excluding hydrogens is 252 g/mol. The quantitative estimate of drug-likeness (QED) is 0.857. The van der Waals surface area contributed by atoms with E-state index in [9.17, 15) is 0 Å². The fraction of sp³-hybridized carbons (Fsp3) is 0.667. The van der Waals surface area contributed by atoms with E-state index in [1.807, 2.05) is 0 Å². The number of rotatable bonds is 6. The summed E-state index contributed by atoms with van der Waals surface area (Å²) in [4.78, 5) is 10.4. The maximum absolute atomic E-state index is 6.15. The molecular formula is C12H21ClN4O. The van der Waals surface area contributed by atoms with E-state index in [-0.39, 0.29) is 5.41 Å². The number of ether oxygens (including phenoxy) is 1. The number of aromatic nitrogens is 2. The molecule has 0 aliphatic rings. The minimum Gasteiger partial charge on any atom is -0.467 e. The molecule has 0 aromatic carbocycles. The van der Waals surface area contributed by atoms with Crippen LogP contribution < -0.4 is 15.4 Å². The van der Waals surface area contributed by atoms with Crippen LogP contribution in [0.25, 0.3) is 0 Å². The summed E-state index contributed by atoms with van der Waals surface area (Å²) in [6, 6.07) is 0.318. The van der Waals surface area contributed by atoms with E-state index in [0.717, 1.165) is 13.1 Å². The molecule has 18 heavy (non-hydrogen) atoms. The van der Waals surface area contributed by atoms with Crippen molar-refractivity contribution in [1.82, 2.24) is 9.97 Å². The molecule has 0 fully saturated rings. The van der Waals surface area contributed by atoms with Crippen molar-refractivity contribution in [2.24, 2.45) is 11.1 Å². The lowest BCUT2D eigenvalue weighted by Crippen LogP contribution is -2.39. The zero-order valence-corrected chi connectivity index (χ0v) is 12.2. The van der Waals surface area contributed by atoms with Gasteiger partial charge >= 0.3 is 6.01 Å². The molecule has 102 valence electrons. The Hall–Kier alpha value is -1.07. The van der Waals surface area contributed by atoms with E-state index in [1.54, 1.807) is 6.20 Å². The number of methoxy groups -OCH3 is 1. The predicted molar refractivity (Wildman–Crippen MR) is 74.3 cm³/mol. The lowest BCUT2D eigenvalue weighted by atomic mass is 9.93. The van der Waals surface area contributed by atoms with Gasteiger partial charge in [-0.15, -0.1) is 0 Å². The van der Waals surface area contributed by atoms with E-state index < -0.39 is 0 Å². The Morgan fingerprint density at radius 2 is 2.17 bits per heavy atom. The SMILES string of the molecule is CCN(CC(C)(C)CN)c1nc(OC)ncc1Cl. The van der Waals surface area contributed by atoms with Crippen LogP contribution in [-0.4, -0.2) is 36.7 Å². The minimum absolute atomic E-state index is 0.00246. The van der Waals surface area contributed by atoms with Crippen molar-refractivity contribution in [3.63, 3.8) is 0 Å². The van der Waals surface area contributed by atoms with Crippen LogP contribution in [0.15, 0.2) is 6.20 Å². The summed E-state index contributed by atoms with van der Waals surface area (Å²) < 4.78 is 5.03. The highest BCUT2D eigenvalue weighted by Crippen LogP contribution is 2.27. The summed E-state index contributed by atoms with van der Waals surface area (Å²) in [5.74, 6) is 0.688. The van der Waals surface area contributed by atoms with Crippen molar-refractivity contribution in [2.45, 2.75) is 20.8 Å². The summed E-state index contributed by atoms with van der Waals surface area (Å²) in [6.07, 6.45) is 1.56. The van der Waals surface area contributed by atoms with E-state index >= 15 is 0 Å². The van der Waals surface area contributed by atoms with Crippen LogP contribution >= 0.6 is 11.6 Å². The summed E-state index contributed by atoms with van der Waals surface area (Å²) in [5, 5.41) is 0.519. The Morgan fingerprint density at radius 3 is 2.67 bits per heavy atom. The van der Waals surface area contributed by atoms with Crippen molar-refractivity contribution in [1.29, 1.82) is 0 Å². The van der Waals surface area contributed by atoms with Gasteiger partial charge in [-0.3, -0.25) is 0 Å². The minimum atomic E-state index is -0.00246. The molecule has 2 N–H and O–H groups in total. The van der Waals surface area contributed by atoms with Crippen molar-refractivity contribution in [2.75, 3.05) is 31.6 Å². The molecule has 1 rings (SSSR count). The third-order valence-corrected chi connectivity index (χ3v) is 3.01. The summed E-state index contributed by atoms with van der Waals surface area (Å²) in [7, 11) is 1.53. The molecule has 1 aromatic rings.